The zero-order valence-corrected chi connectivity index (χ0v) is 8.99. The van der Waals surface area contributed by atoms with Crippen molar-refractivity contribution in [3.8, 4) is 0 Å². The lowest BCUT2D eigenvalue weighted by Crippen LogP contribution is -2.03. The maximum Gasteiger partial charge on any atom is 0.257 e. The summed E-state index contributed by atoms with van der Waals surface area (Å²) in [7, 11) is 0. The number of aromatic nitrogens is 1. The van der Waals surface area contributed by atoms with Crippen LogP contribution in [0.3, 0.4) is 0 Å². The van der Waals surface area contributed by atoms with Crippen LogP contribution in [-0.4, -0.2) is 10.4 Å². The average molecular weight is 224 g/mol. The fourth-order valence-electron chi connectivity index (χ4n) is 1.66. The molecular formula is C11H10ClNO2. The van der Waals surface area contributed by atoms with Crippen LogP contribution in [-0.2, 0) is 0 Å². The summed E-state index contributed by atoms with van der Waals surface area (Å²) >= 11 is 5.49. The molecule has 0 bridgehead atoms. The van der Waals surface area contributed by atoms with Gasteiger partial charge in [0.05, 0.1) is 0 Å². The standard InChI is InChI=1S/C11H10ClNO2/c1-7-9(11(12)14)10(13-15-7)8-5-3-2-4-6-8/h2-5,8H,6H2,1H3. The van der Waals surface area contributed by atoms with E-state index in [0.717, 1.165) is 6.42 Å². The van der Waals surface area contributed by atoms with Gasteiger partial charge >= 0.3 is 0 Å². The van der Waals surface area contributed by atoms with E-state index in [0.29, 0.717) is 17.0 Å². The molecule has 1 heterocycles. The van der Waals surface area contributed by atoms with Gasteiger partial charge in [-0.3, -0.25) is 4.79 Å². The molecule has 0 aliphatic heterocycles. The van der Waals surface area contributed by atoms with Gasteiger partial charge in [-0.1, -0.05) is 29.5 Å². The molecule has 1 aliphatic rings. The number of rotatable bonds is 2. The monoisotopic (exact) mass is 223 g/mol. The topological polar surface area (TPSA) is 43.1 Å². The molecule has 3 nitrogen and oxygen atoms in total. The van der Waals surface area contributed by atoms with Crippen molar-refractivity contribution in [3.63, 3.8) is 0 Å². The third kappa shape index (κ3) is 1.88. The van der Waals surface area contributed by atoms with Gasteiger partial charge in [-0.25, -0.2) is 0 Å². The Bertz CT molecular complexity index is 445. The summed E-state index contributed by atoms with van der Waals surface area (Å²) in [6.07, 6.45) is 8.73. The molecule has 78 valence electrons. The summed E-state index contributed by atoms with van der Waals surface area (Å²) in [5.41, 5.74) is 1.04. The molecule has 0 spiro atoms. The number of aryl methyl sites for hydroxylation is 1. The third-order valence-electron chi connectivity index (χ3n) is 2.42. The first-order valence-electron chi connectivity index (χ1n) is 4.69. The van der Waals surface area contributed by atoms with Crippen LogP contribution in [0.5, 0.6) is 0 Å². The van der Waals surface area contributed by atoms with Crippen LogP contribution in [0.4, 0.5) is 0 Å². The predicted octanol–water partition coefficient (Wildman–Crippen LogP) is 2.96. The van der Waals surface area contributed by atoms with Crippen molar-refractivity contribution in [3.05, 3.63) is 41.3 Å². The molecule has 0 saturated heterocycles. The van der Waals surface area contributed by atoms with Gasteiger partial charge in [0.25, 0.3) is 5.24 Å². The normalized spacial score (nSPS) is 19.5. The molecular weight excluding hydrogens is 214 g/mol. The molecule has 0 saturated carbocycles. The maximum atomic E-state index is 11.2. The molecule has 1 unspecified atom stereocenters. The number of hydrogen-bond donors (Lipinski definition) is 0. The highest BCUT2D eigenvalue weighted by Gasteiger charge is 2.23. The van der Waals surface area contributed by atoms with E-state index in [1.807, 2.05) is 24.3 Å². The molecule has 0 N–H and O–H groups in total. The predicted molar refractivity (Wildman–Crippen MR) is 57.1 cm³/mol. The van der Waals surface area contributed by atoms with E-state index in [1.54, 1.807) is 6.92 Å². The van der Waals surface area contributed by atoms with E-state index in [1.165, 1.54) is 0 Å². The molecule has 1 aliphatic carbocycles. The van der Waals surface area contributed by atoms with E-state index >= 15 is 0 Å². The van der Waals surface area contributed by atoms with E-state index in [-0.39, 0.29) is 5.92 Å². The lowest BCUT2D eigenvalue weighted by atomic mass is 9.94. The number of carbonyl (C=O) groups excluding carboxylic acids is 1. The minimum absolute atomic E-state index is 0.0881. The minimum atomic E-state index is -0.508. The van der Waals surface area contributed by atoms with Crippen molar-refractivity contribution in [1.82, 2.24) is 5.16 Å². The van der Waals surface area contributed by atoms with Gasteiger partial charge in [0.2, 0.25) is 0 Å². The van der Waals surface area contributed by atoms with Gasteiger partial charge < -0.3 is 4.52 Å². The highest BCUT2D eigenvalue weighted by atomic mass is 35.5. The molecule has 1 aromatic rings. The summed E-state index contributed by atoms with van der Waals surface area (Å²) in [5, 5.41) is 3.39. The SMILES string of the molecule is Cc1onc(C2C=CC=CC2)c1C(=O)Cl. The number of halogens is 1. The Balaban J connectivity index is 2.40. The van der Waals surface area contributed by atoms with Crippen LogP contribution in [0, 0.1) is 6.92 Å². The van der Waals surface area contributed by atoms with Crippen LogP contribution in [0.1, 0.15) is 34.2 Å². The van der Waals surface area contributed by atoms with E-state index in [2.05, 4.69) is 5.16 Å². The zero-order chi connectivity index (χ0) is 10.8. The number of carbonyl (C=O) groups is 1. The lowest BCUT2D eigenvalue weighted by Gasteiger charge is -2.09. The van der Waals surface area contributed by atoms with Crippen molar-refractivity contribution in [2.24, 2.45) is 0 Å². The van der Waals surface area contributed by atoms with Gasteiger partial charge in [0, 0.05) is 5.92 Å². The van der Waals surface area contributed by atoms with Crippen molar-refractivity contribution in [2.75, 3.05) is 0 Å². The highest BCUT2D eigenvalue weighted by Crippen LogP contribution is 2.29. The number of nitrogens with zero attached hydrogens (tertiary/aromatic N) is 1. The third-order valence-corrected chi connectivity index (χ3v) is 2.61. The molecule has 0 aromatic carbocycles. The maximum absolute atomic E-state index is 11.2. The Morgan fingerprint density at radius 1 is 1.60 bits per heavy atom. The summed E-state index contributed by atoms with van der Waals surface area (Å²) in [6.45, 7) is 1.69. The average Bonchev–Trinajstić information content (AvgIpc) is 2.61. The van der Waals surface area contributed by atoms with E-state index in [9.17, 15) is 4.79 Å². The lowest BCUT2D eigenvalue weighted by molar-refractivity contribution is 0.107. The Kier molecular flexibility index (Phi) is 2.73. The minimum Gasteiger partial charge on any atom is -0.361 e. The fourth-order valence-corrected chi connectivity index (χ4v) is 1.89. The van der Waals surface area contributed by atoms with E-state index < -0.39 is 5.24 Å². The van der Waals surface area contributed by atoms with Crippen molar-refractivity contribution in [1.29, 1.82) is 0 Å². The molecule has 2 rings (SSSR count). The Morgan fingerprint density at radius 2 is 2.40 bits per heavy atom. The second-order valence-electron chi connectivity index (χ2n) is 3.43. The molecule has 1 aromatic heterocycles. The van der Waals surface area contributed by atoms with E-state index in [4.69, 9.17) is 16.1 Å². The second kappa shape index (κ2) is 4.03. The fraction of sp³-hybridized carbons (Fsp3) is 0.273. The molecule has 15 heavy (non-hydrogen) atoms. The van der Waals surface area contributed by atoms with Crippen LogP contribution in [0.15, 0.2) is 28.8 Å². The van der Waals surface area contributed by atoms with Crippen LogP contribution in [0.2, 0.25) is 0 Å². The van der Waals surface area contributed by atoms with Crippen molar-refractivity contribution < 1.29 is 9.32 Å². The first-order valence-corrected chi connectivity index (χ1v) is 5.07. The molecule has 1 atom stereocenters. The Labute approximate surface area is 92.4 Å². The number of hydrogen-bond acceptors (Lipinski definition) is 3. The van der Waals surface area contributed by atoms with Gasteiger partial charge in [0.15, 0.2) is 0 Å². The van der Waals surface area contributed by atoms with Crippen LogP contribution in [0.25, 0.3) is 0 Å². The smallest absolute Gasteiger partial charge is 0.257 e. The second-order valence-corrected chi connectivity index (χ2v) is 3.77. The first-order chi connectivity index (χ1) is 7.20. The van der Waals surface area contributed by atoms with Crippen LogP contribution < -0.4 is 0 Å². The molecule has 0 radical (unpaired) electrons. The molecule has 4 heteroatoms. The molecule has 0 amide bonds. The Hall–Kier alpha value is -1.35. The van der Waals surface area contributed by atoms with Gasteiger partial charge in [-0.15, -0.1) is 0 Å². The van der Waals surface area contributed by atoms with Gasteiger partial charge in [0.1, 0.15) is 17.0 Å². The zero-order valence-electron chi connectivity index (χ0n) is 8.24. The van der Waals surface area contributed by atoms with Crippen molar-refractivity contribution >= 4 is 16.8 Å². The van der Waals surface area contributed by atoms with Crippen LogP contribution >= 0.6 is 11.6 Å². The largest absolute Gasteiger partial charge is 0.361 e. The summed E-state index contributed by atoms with van der Waals surface area (Å²) in [4.78, 5) is 11.2. The first kappa shape index (κ1) is 10.2. The highest BCUT2D eigenvalue weighted by molar-refractivity contribution is 6.68. The summed E-state index contributed by atoms with van der Waals surface area (Å²) in [6, 6.07) is 0. The van der Waals surface area contributed by atoms with Crippen molar-refractivity contribution in [2.45, 2.75) is 19.3 Å². The number of allylic oxidation sites excluding steroid dienone is 4. The Morgan fingerprint density at radius 3 is 3.00 bits per heavy atom. The quantitative estimate of drug-likeness (QED) is 0.724. The van der Waals surface area contributed by atoms with Gasteiger partial charge in [-0.2, -0.15) is 0 Å². The van der Waals surface area contributed by atoms with Gasteiger partial charge in [-0.05, 0) is 24.9 Å². The summed E-state index contributed by atoms with van der Waals surface area (Å²) < 4.78 is 5.00. The molecule has 0 fully saturated rings. The summed E-state index contributed by atoms with van der Waals surface area (Å²) in [5.74, 6) is 0.568.